The number of thioether (sulfide) groups is 1. The molecule has 0 spiro atoms. The van der Waals surface area contributed by atoms with Gasteiger partial charge in [-0.2, -0.15) is 0 Å². The first-order valence-corrected chi connectivity index (χ1v) is 9.05. The molecule has 138 valence electrons. The summed E-state index contributed by atoms with van der Waals surface area (Å²) in [4.78, 5) is 23.5. The van der Waals surface area contributed by atoms with Crippen LogP contribution in [0.1, 0.15) is 26.3 Å². The van der Waals surface area contributed by atoms with Crippen molar-refractivity contribution in [1.82, 2.24) is 0 Å². The number of hydrogen-bond donors (Lipinski definition) is 1. The third kappa shape index (κ3) is 5.23. The molecule has 0 aliphatic carbocycles. The Morgan fingerprint density at radius 2 is 1.85 bits per heavy atom. The number of nitro benzene ring substituents is 1. The van der Waals surface area contributed by atoms with Gasteiger partial charge in [-0.1, -0.05) is 32.9 Å². The number of nitrogens with one attached hydrogen (secondary N) is 1. The average molecular weight is 374 g/mol. The van der Waals surface area contributed by atoms with Crippen molar-refractivity contribution in [1.29, 1.82) is 0 Å². The standard InChI is InChI=1S/C19H22N2O4S/c1-19(2,3)13-5-8-15(9-6-13)26-12-18(22)20-16-10-7-14(21(23)24)11-17(16)25-4/h5-11H,12H2,1-4H3,(H,20,22). The Bertz CT molecular complexity index is 798. The molecule has 0 atom stereocenters. The summed E-state index contributed by atoms with van der Waals surface area (Å²) in [5, 5.41) is 13.5. The van der Waals surface area contributed by atoms with Crippen LogP contribution in [-0.4, -0.2) is 23.7 Å². The smallest absolute Gasteiger partial charge is 0.273 e. The van der Waals surface area contributed by atoms with Crippen LogP contribution in [0.25, 0.3) is 0 Å². The van der Waals surface area contributed by atoms with Gasteiger partial charge >= 0.3 is 0 Å². The van der Waals surface area contributed by atoms with Crippen molar-refractivity contribution >= 4 is 29.0 Å². The lowest BCUT2D eigenvalue weighted by Crippen LogP contribution is -2.15. The first-order valence-electron chi connectivity index (χ1n) is 8.06. The summed E-state index contributed by atoms with van der Waals surface area (Å²) in [7, 11) is 1.40. The lowest BCUT2D eigenvalue weighted by Gasteiger charge is -2.19. The van der Waals surface area contributed by atoms with Crippen LogP contribution < -0.4 is 10.1 Å². The molecule has 1 N–H and O–H groups in total. The Hall–Kier alpha value is -2.54. The number of nitrogens with zero attached hydrogens (tertiary/aromatic N) is 1. The fraction of sp³-hybridized carbons (Fsp3) is 0.316. The van der Waals surface area contributed by atoms with E-state index in [9.17, 15) is 14.9 Å². The fourth-order valence-corrected chi connectivity index (χ4v) is 2.98. The van der Waals surface area contributed by atoms with E-state index in [2.05, 4.69) is 38.2 Å². The molecule has 1 amide bonds. The Labute approximate surface area is 157 Å². The number of ether oxygens (including phenoxy) is 1. The monoisotopic (exact) mass is 374 g/mol. The van der Waals surface area contributed by atoms with E-state index >= 15 is 0 Å². The number of carbonyl (C=O) groups is 1. The molecule has 0 radical (unpaired) electrons. The maximum Gasteiger partial charge on any atom is 0.273 e. The highest BCUT2D eigenvalue weighted by Crippen LogP contribution is 2.30. The maximum absolute atomic E-state index is 12.2. The van der Waals surface area contributed by atoms with Gasteiger partial charge in [0.05, 0.1) is 29.5 Å². The topological polar surface area (TPSA) is 81.5 Å². The zero-order valence-electron chi connectivity index (χ0n) is 15.2. The third-order valence-corrected chi connectivity index (χ3v) is 4.77. The summed E-state index contributed by atoms with van der Waals surface area (Å²) in [6.45, 7) is 6.46. The van der Waals surface area contributed by atoms with Crippen molar-refractivity contribution in [2.45, 2.75) is 31.1 Å². The highest BCUT2D eigenvalue weighted by atomic mass is 32.2. The van der Waals surface area contributed by atoms with E-state index in [4.69, 9.17) is 4.74 Å². The zero-order valence-corrected chi connectivity index (χ0v) is 16.1. The first-order chi connectivity index (χ1) is 12.2. The minimum absolute atomic E-state index is 0.0897. The first kappa shape index (κ1) is 19.8. The van der Waals surface area contributed by atoms with Crippen molar-refractivity contribution in [2.24, 2.45) is 0 Å². The Morgan fingerprint density at radius 3 is 2.38 bits per heavy atom. The molecule has 6 nitrogen and oxygen atoms in total. The normalized spacial score (nSPS) is 11.1. The van der Waals surface area contributed by atoms with Crippen LogP contribution in [0.15, 0.2) is 47.4 Å². The van der Waals surface area contributed by atoms with Crippen LogP contribution in [-0.2, 0) is 10.2 Å². The van der Waals surface area contributed by atoms with E-state index in [-0.39, 0.29) is 28.5 Å². The van der Waals surface area contributed by atoms with E-state index in [0.717, 1.165) is 4.90 Å². The molecule has 0 aliphatic heterocycles. The van der Waals surface area contributed by atoms with Gasteiger partial charge in [-0.25, -0.2) is 0 Å². The molecule has 7 heteroatoms. The Morgan fingerprint density at radius 1 is 1.19 bits per heavy atom. The van der Waals surface area contributed by atoms with Crippen LogP contribution in [0.2, 0.25) is 0 Å². The second-order valence-electron chi connectivity index (χ2n) is 6.75. The number of hydrogen-bond acceptors (Lipinski definition) is 5. The summed E-state index contributed by atoms with van der Waals surface area (Å²) in [5.74, 6) is 0.281. The summed E-state index contributed by atoms with van der Waals surface area (Å²) < 4.78 is 5.12. The number of carbonyl (C=O) groups excluding carboxylic acids is 1. The molecule has 2 aromatic carbocycles. The molecule has 0 aromatic heterocycles. The lowest BCUT2D eigenvalue weighted by atomic mass is 9.87. The van der Waals surface area contributed by atoms with Gasteiger partial charge in [-0.3, -0.25) is 14.9 Å². The van der Waals surface area contributed by atoms with Crippen molar-refractivity contribution in [3.63, 3.8) is 0 Å². The summed E-state index contributed by atoms with van der Waals surface area (Å²) in [5.41, 5.74) is 1.65. The second-order valence-corrected chi connectivity index (χ2v) is 7.80. The van der Waals surface area contributed by atoms with Gasteiger partial charge in [0, 0.05) is 11.0 Å². The van der Waals surface area contributed by atoms with Crippen molar-refractivity contribution in [3.05, 3.63) is 58.1 Å². The molecular formula is C19H22N2O4S. The second kappa shape index (κ2) is 8.23. The van der Waals surface area contributed by atoms with Gasteiger partial charge in [-0.05, 0) is 29.2 Å². The van der Waals surface area contributed by atoms with E-state index in [0.29, 0.717) is 5.69 Å². The molecule has 0 saturated heterocycles. The van der Waals surface area contributed by atoms with Crippen molar-refractivity contribution < 1.29 is 14.5 Å². The van der Waals surface area contributed by atoms with Crippen LogP contribution in [0, 0.1) is 10.1 Å². The van der Waals surface area contributed by atoms with E-state index in [1.165, 1.54) is 42.6 Å². The van der Waals surface area contributed by atoms with Crippen molar-refractivity contribution in [3.8, 4) is 5.75 Å². The number of rotatable bonds is 6. The van der Waals surface area contributed by atoms with Crippen LogP contribution in [0.3, 0.4) is 0 Å². The summed E-state index contributed by atoms with van der Waals surface area (Å²) in [6.07, 6.45) is 0. The molecule has 2 aromatic rings. The van der Waals surface area contributed by atoms with E-state index in [1.807, 2.05) is 12.1 Å². The molecule has 0 fully saturated rings. The quantitative estimate of drug-likeness (QED) is 0.453. The van der Waals surface area contributed by atoms with Gasteiger partial charge in [0.2, 0.25) is 5.91 Å². The van der Waals surface area contributed by atoms with Crippen molar-refractivity contribution in [2.75, 3.05) is 18.2 Å². The molecule has 0 heterocycles. The van der Waals surface area contributed by atoms with Gasteiger partial charge < -0.3 is 10.1 Å². The molecular weight excluding hydrogens is 352 g/mol. The molecule has 0 saturated carbocycles. The highest BCUT2D eigenvalue weighted by Gasteiger charge is 2.15. The predicted octanol–water partition coefficient (Wildman–Crippen LogP) is 4.63. The zero-order chi connectivity index (χ0) is 19.3. The van der Waals surface area contributed by atoms with Gasteiger partial charge in [-0.15, -0.1) is 11.8 Å². The minimum atomic E-state index is -0.509. The van der Waals surface area contributed by atoms with Gasteiger partial charge in [0.15, 0.2) is 0 Å². The average Bonchev–Trinajstić information content (AvgIpc) is 2.59. The van der Waals surface area contributed by atoms with Crippen LogP contribution in [0.4, 0.5) is 11.4 Å². The molecule has 0 unspecified atom stereocenters. The molecule has 2 rings (SSSR count). The molecule has 26 heavy (non-hydrogen) atoms. The minimum Gasteiger partial charge on any atom is -0.494 e. The number of benzene rings is 2. The number of anilines is 1. The number of nitro groups is 1. The summed E-state index contributed by atoms with van der Waals surface area (Å²) in [6, 6.07) is 12.2. The predicted molar refractivity (Wildman–Crippen MR) is 104 cm³/mol. The van der Waals surface area contributed by atoms with Crippen LogP contribution in [0.5, 0.6) is 5.75 Å². The van der Waals surface area contributed by atoms with E-state index in [1.54, 1.807) is 0 Å². The Kier molecular flexibility index (Phi) is 6.26. The largest absolute Gasteiger partial charge is 0.494 e. The van der Waals surface area contributed by atoms with Gasteiger partial charge in [0.25, 0.3) is 5.69 Å². The summed E-state index contributed by atoms with van der Waals surface area (Å²) >= 11 is 1.43. The molecule has 0 bridgehead atoms. The fourth-order valence-electron chi connectivity index (χ4n) is 2.28. The highest BCUT2D eigenvalue weighted by molar-refractivity contribution is 8.00. The maximum atomic E-state index is 12.2. The molecule has 0 aliphatic rings. The third-order valence-electron chi connectivity index (χ3n) is 3.76. The SMILES string of the molecule is COc1cc([N+](=O)[O-])ccc1NC(=O)CSc1ccc(C(C)(C)C)cc1. The number of non-ortho nitro benzene ring substituents is 1. The number of methoxy groups -OCH3 is 1. The van der Waals surface area contributed by atoms with Crippen LogP contribution >= 0.6 is 11.8 Å². The van der Waals surface area contributed by atoms with Gasteiger partial charge in [0.1, 0.15) is 5.75 Å². The number of amides is 1. The lowest BCUT2D eigenvalue weighted by molar-refractivity contribution is -0.384. The Balaban J connectivity index is 1.98. The van der Waals surface area contributed by atoms with E-state index < -0.39 is 4.92 Å².